The third-order valence-electron chi connectivity index (χ3n) is 4.24. The van der Waals surface area contributed by atoms with Crippen molar-refractivity contribution in [3.63, 3.8) is 0 Å². The van der Waals surface area contributed by atoms with Crippen LogP contribution in [0.3, 0.4) is 0 Å². The summed E-state index contributed by atoms with van der Waals surface area (Å²) in [4.78, 5) is 0. The van der Waals surface area contributed by atoms with Gasteiger partial charge in [0.15, 0.2) is 0 Å². The predicted molar refractivity (Wildman–Crippen MR) is 83.2 cm³/mol. The van der Waals surface area contributed by atoms with E-state index in [1.54, 1.807) is 0 Å². The fraction of sp³-hybridized carbons (Fsp3) is 0.647. The maximum atomic E-state index is 9.44. The van der Waals surface area contributed by atoms with E-state index in [4.69, 9.17) is 4.74 Å². The lowest BCUT2D eigenvalue weighted by Gasteiger charge is -2.35. The summed E-state index contributed by atoms with van der Waals surface area (Å²) in [6.45, 7) is 7.30. The van der Waals surface area contributed by atoms with Crippen LogP contribution >= 0.6 is 0 Å². The first-order chi connectivity index (χ1) is 9.54. The minimum Gasteiger partial charge on any atom is -0.494 e. The van der Waals surface area contributed by atoms with Crippen molar-refractivity contribution < 1.29 is 9.84 Å². The maximum Gasteiger partial charge on any atom is 0.124 e. The number of nitrogens with one attached hydrogen (secondary N) is 1. The lowest BCUT2D eigenvalue weighted by atomic mass is 9.75. The number of ether oxygens (including phenoxy) is 1. The van der Waals surface area contributed by atoms with Crippen LogP contribution in [0.1, 0.15) is 52.0 Å². The summed E-state index contributed by atoms with van der Waals surface area (Å²) in [5.41, 5.74) is 2.43. The molecule has 1 aromatic carbocycles. The Labute approximate surface area is 122 Å². The molecule has 1 aliphatic rings. The van der Waals surface area contributed by atoms with Crippen LogP contribution in [0.2, 0.25) is 0 Å². The Balaban J connectivity index is 1.99. The first-order valence-electron chi connectivity index (χ1n) is 7.67. The van der Waals surface area contributed by atoms with Crippen molar-refractivity contribution >= 4 is 5.69 Å². The van der Waals surface area contributed by atoms with Crippen LogP contribution in [0.5, 0.6) is 5.75 Å². The molecule has 3 nitrogen and oxygen atoms in total. The third kappa shape index (κ3) is 3.89. The molecule has 0 spiro atoms. The second-order valence-corrected chi connectivity index (χ2v) is 6.50. The Morgan fingerprint density at radius 1 is 1.30 bits per heavy atom. The zero-order valence-corrected chi connectivity index (χ0v) is 12.9. The van der Waals surface area contributed by atoms with Gasteiger partial charge in [-0.25, -0.2) is 0 Å². The van der Waals surface area contributed by atoms with E-state index in [-0.39, 0.29) is 6.61 Å². The molecule has 112 valence electrons. The van der Waals surface area contributed by atoms with E-state index >= 15 is 0 Å². The number of anilines is 1. The van der Waals surface area contributed by atoms with Gasteiger partial charge in [0.05, 0.1) is 13.2 Å². The average molecular weight is 277 g/mol. The summed E-state index contributed by atoms with van der Waals surface area (Å²) in [5, 5.41) is 13.0. The molecule has 0 aromatic heterocycles. The van der Waals surface area contributed by atoms with Gasteiger partial charge in [-0.1, -0.05) is 13.8 Å². The molecular weight excluding hydrogens is 250 g/mol. The largest absolute Gasteiger partial charge is 0.494 e. The van der Waals surface area contributed by atoms with Crippen molar-refractivity contribution in [1.82, 2.24) is 0 Å². The molecule has 1 aromatic rings. The van der Waals surface area contributed by atoms with Gasteiger partial charge >= 0.3 is 0 Å². The molecular formula is C17H27NO2. The minimum absolute atomic E-state index is 0.0164. The second kappa shape index (κ2) is 6.49. The summed E-state index contributed by atoms with van der Waals surface area (Å²) in [6.07, 6.45) is 4.98. The molecule has 0 heterocycles. The van der Waals surface area contributed by atoms with E-state index < -0.39 is 0 Å². The highest BCUT2D eigenvalue weighted by atomic mass is 16.5. The highest BCUT2D eigenvalue weighted by Crippen LogP contribution is 2.36. The predicted octanol–water partition coefficient (Wildman–Crippen LogP) is 3.96. The number of hydrogen-bond donors (Lipinski definition) is 2. The maximum absolute atomic E-state index is 9.44. The molecule has 2 N–H and O–H groups in total. The minimum atomic E-state index is 0.0164. The van der Waals surface area contributed by atoms with E-state index in [2.05, 4.69) is 19.2 Å². The van der Waals surface area contributed by atoms with Gasteiger partial charge in [0, 0.05) is 17.3 Å². The lowest BCUT2D eigenvalue weighted by Crippen LogP contribution is -2.29. The van der Waals surface area contributed by atoms with E-state index in [0.29, 0.717) is 18.1 Å². The highest BCUT2D eigenvalue weighted by molar-refractivity contribution is 5.51. The molecule has 1 saturated carbocycles. The molecule has 1 aliphatic carbocycles. The van der Waals surface area contributed by atoms with Crippen molar-refractivity contribution in [2.75, 3.05) is 11.9 Å². The highest BCUT2D eigenvalue weighted by Gasteiger charge is 2.26. The Morgan fingerprint density at radius 3 is 2.60 bits per heavy atom. The van der Waals surface area contributed by atoms with E-state index in [1.165, 1.54) is 25.7 Å². The van der Waals surface area contributed by atoms with Crippen molar-refractivity contribution in [1.29, 1.82) is 0 Å². The van der Waals surface area contributed by atoms with Gasteiger partial charge in [-0.2, -0.15) is 0 Å². The lowest BCUT2D eigenvalue weighted by molar-refractivity contribution is 0.232. The fourth-order valence-electron chi connectivity index (χ4n) is 2.87. The SMILES string of the molecule is CCOc1ccc(NC2CCC(C)(C)CC2)cc1CO. The van der Waals surface area contributed by atoms with Crippen LogP contribution < -0.4 is 10.1 Å². The van der Waals surface area contributed by atoms with E-state index in [9.17, 15) is 5.11 Å². The summed E-state index contributed by atoms with van der Waals surface area (Å²) < 4.78 is 5.51. The molecule has 0 atom stereocenters. The van der Waals surface area contributed by atoms with Crippen LogP contribution in [0.15, 0.2) is 18.2 Å². The molecule has 20 heavy (non-hydrogen) atoms. The molecule has 0 unspecified atom stereocenters. The third-order valence-corrected chi connectivity index (χ3v) is 4.24. The van der Waals surface area contributed by atoms with Crippen molar-refractivity contribution in [2.24, 2.45) is 5.41 Å². The van der Waals surface area contributed by atoms with Gasteiger partial charge in [0.1, 0.15) is 5.75 Å². The van der Waals surface area contributed by atoms with Gasteiger partial charge < -0.3 is 15.2 Å². The summed E-state index contributed by atoms with van der Waals surface area (Å²) in [6, 6.07) is 6.55. The smallest absolute Gasteiger partial charge is 0.124 e. The Hall–Kier alpha value is -1.22. The average Bonchev–Trinajstić information content (AvgIpc) is 2.43. The second-order valence-electron chi connectivity index (χ2n) is 6.50. The van der Waals surface area contributed by atoms with Crippen LogP contribution in [-0.2, 0) is 6.61 Å². The molecule has 0 aliphatic heterocycles. The standard InChI is InChI=1S/C17H27NO2/c1-4-20-16-6-5-15(11-13(16)12-19)18-14-7-9-17(2,3)10-8-14/h5-6,11,14,18-19H,4,7-10,12H2,1-3H3. The van der Waals surface area contributed by atoms with Crippen LogP contribution in [0, 0.1) is 5.41 Å². The molecule has 2 rings (SSSR count). The van der Waals surface area contributed by atoms with Crippen molar-refractivity contribution in [3.05, 3.63) is 23.8 Å². The molecule has 0 bridgehead atoms. The number of benzene rings is 1. The van der Waals surface area contributed by atoms with Crippen molar-refractivity contribution in [3.8, 4) is 5.75 Å². The summed E-state index contributed by atoms with van der Waals surface area (Å²) >= 11 is 0. The molecule has 0 amide bonds. The van der Waals surface area contributed by atoms with Crippen LogP contribution in [-0.4, -0.2) is 17.8 Å². The van der Waals surface area contributed by atoms with Crippen molar-refractivity contribution in [2.45, 2.75) is 59.1 Å². The van der Waals surface area contributed by atoms with Gasteiger partial charge in [-0.3, -0.25) is 0 Å². The fourth-order valence-corrected chi connectivity index (χ4v) is 2.87. The van der Waals surface area contributed by atoms with Gasteiger partial charge in [-0.15, -0.1) is 0 Å². The van der Waals surface area contributed by atoms with Gasteiger partial charge in [0.25, 0.3) is 0 Å². The van der Waals surface area contributed by atoms with Gasteiger partial charge in [0.2, 0.25) is 0 Å². The number of hydrogen-bond acceptors (Lipinski definition) is 3. The monoisotopic (exact) mass is 277 g/mol. The quantitative estimate of drug-likeness (QED) is 0.856. The summed E-state index contributed by atoms with van der Waals surface area (Å²) in [5.74, 6) is 0.783. The Bertz CT molecular complexity index is 433. The number of rotatable bonds is 5. The Morgan fingerprint density at radius 2 is 2.00 bits per heavy atom. The number of aliphatic hydroxyl groups excluding tert-OH is 1. The van der Waals surface area contributed by atoms with Gasteiger partial charge in [-0.05, 0) is 56.2 Å². The molecule has 3 heteroatoms. The zero-order chi connectivity index (χ0) is 14.6. The first kappa shape index (κ1) is 15.2. The zero-order valence-electron chi connectivity index (χ0n) is 12.9. The first-order valence-corrected chi connectivity index (χ1v) is 7.67. The summed E-state index contributed by atoms with van der Waals surface area (Å²) in [7, 11) is 0. The van der Waals surface area contributed by atoms with Crippen LogP contribution in [0.25, 0.3) is 0 Å². The molecule has 1 fully saturated rings. The Kier molecular flexibility index (Phi) is 4.92. The molecule has 0 saturated heterocycles. The topological polar surface area (TPSA) is 41.5 Å². The van der Waals surface area contributed by atoms with Crippen LogP contribution in [0.4, 0.5) is 5.69 Å². The van der Waals surface area contributed by atoms with E-state index in [0.717, 1.165) is 17.0 Å². The molecule has 0 radical (unpaired) electrons. The van der Waals surface area contributed by atoms with E-state index in [1.807, 2.05) is 25.1 Å². The normalized spacial score (nSPS) is 18.8. The number of aliphatic hydroxyl groups is 1.